The summed E-state index contributed by atoms with van der Waals surface area (Å²) in [6.45, 7) is 5.58. The van der Waals surface area contributed by atoms with Gasteiger partial charge in [-0.15, -0.1) is 0 Å². The van der Waals surface area contributed by atoms with Crippen molar-refractivity contribution in [2.45, 2.75) is 20.5 Å². The number of nitrogens with two attached hydrogens (primary N) is 1. The minimum atomic E-state index is 0.346. The van der Waals surface area contributed by atoms with E-state index in [-0.39, 0.29) is 0 Å². The van der Waals surface area contributed by atoms with E-state index in [0.29, 0.717) is 19.8 Å². The molecule has 0 saturated heterocycles. The summed E-state index contributed by atoms with van der Waals surface area (Å²) in [6.07, 6.45) is 0. The minimum Gasteiger partial charge on any atom is -0.486 e. The lowest BCUT2D eigenvalue weighted by molar-refractivity contribution is 0.115. The molecule has 1 aromatic carbocycles. The first-order chi connectivity index (χ1) is 7.24. The molecule has 0 fully saturated rings. The zero-order valence-corrected chi connectivity index (χ0v) is 9.00. The summed E-state index contributed by atoms with van der Waals surface area (Å²) in [7, 11) is 0. The Hall–Kier alpha value is -1.26. The lowest BCUT2D eigenvalue weighted by Gasteiger charge is -2.23. The average Bonchev–Trinajstić information content (AvgIpc) is 2.25. The molecule has 0 unspecified atom stereocenters. The Morgan fingerprint density at radius 1 is 1.33 bits per heavy atom. The van der Waals surface area contributed by atoms with Crippen molar-refractivity contribution in [1.82, 2.24) is 0 Å². The fourth-order valence-corrected chi connectivity index (χ4v) is 1.75. The molecular formula is C11H15NO3. The van der Waals surface area contributed by atoms with Gasteiger partial charge in [-0.3, -0.25) is 4.84 Å². The second-order valence-electron chi connectivity index (χ2n) is 3.63. The van der Waals surface area contributed by atoms with Gasteiger partial charge in [0.25, 0.3) is 0 Å². The molecule has 0 aliphatic carbocycles. The van der Waals surface area contributed by atoms with Crippen LogP contribution in [-0.4, -0.2) is 13.2 Å². The van der Waals surface area contributed by atoms with Crippen LogP contribution < -0.4 is 15.4 Å². The lowest BCUT2D eigenvalue weighted by Crippen LogP contribution is -2.18. The van der Waals surface area contributed by atoms with Gasteiger partial charge in [-0.25, -0.2) is 5.90 Å². The van der Waals surface area contributed by atoms with Gasteiger partial charge < -0.3 is 9.47 Å². The van der Waals surface area contributed by atoms with Crippen molar-refractivity contribution < 1.29 is 14.3 Å². The van der Waals surface area contributed by atoms with E-state index in [0.717, 1.165) is 28.2 Å². The van der Waals surface area contributed by atoms with E-state index >= 15 is 0 Å². The molecule has 0 amide bonds. The maximum Gasteiger partial charge on any atom is 0.167 e. The van der Waals surface area contributed by atoms with Crippen molar-refractivity contribution >= 4 is 0 Å². The van der Waals surface area contributed by atoms with Crippen LogP contribution in [0, 0.1) is 13.8 Å². The Morgan fingerprint density at radius 3 is 2.80 bits per heavy atom. The van der Waals surface area contributed by atoms with Gasteiger partial charge in [0, 0.05) is 5.56 Å². The molecule has 1 aromatic rings. The van der Waals surface area contributed by atoms with Gasteiger partial charge in [-0.1, -0.05) is 0 Å². The van der Waals surface area contributed by atoms with E-state index in [9.17, 15) is 0 Å². The van der Waals surface area contributed by atoms with Crippen molar-refractivity contribution in [2.75, 3.05) is 13.2 Å². The second kappa shape index (κ2) is 4.08. The Labute approximate surface area is 88.9 Å². The van der Waals surface area contributed by atoms with E-state index in [1.165, 1.54) is 0 Å². The van der Waals surface area contributed by atoms with Crippen molar-refractivity contribution in [2.24, 2.45) is 5.90 Å². The molecule has 2 N–H and O–H groups in total. The third-order valence-corrected chi connectivity index (χ3v) is 2.70. The SMILES string of the molecule is Cc1cc2c(c(CON)c1C)OCCO2. The van der Waals surface area contributed by atoms with Crippen LogP contribution in [0.3, 0.4) is 0 Å². The van der Waals surface area contributed by atoms with Gasteiger partial charge in [0.05, 0.1) is 6.61 Å². The molecule has 0 bridgehead atoms. The Morgan fingerprint density at radius 2 is 2.07 bits per heavy atom. The molecule has 2 rings (SSSR count). The first kappa shape index (κ1) is 10.3. The minimum absolute atomic E-state index is 0.346. The number of rotatable bonds is 2. The van der Waals surface area contributed by atoms with Gasteiger partial charge in [-0.05, 0) is 31.0 Å². The molecule has 4 heteroatoms. The van der Waals surface area contributed by atoms with Crippen LogP contribution in [0.15, 0.2) is 6.07 Å². The molecule has 0 radical (unpaired) electrons. The van der Waals surface area contributed by atoms with Crippen LogP contribution in [-0.2, 0) is 11.4 Å². The highest BCUT2D eigenvalue weighted by atomic mass is 16.6. The van der Waals surface area contributed by atoms with Gasteiger partial charge in [-0.2, -0.15) is 0 Å². The zero-order valence-electron chi connectivity index (χ0n) is 9.00. The molecule has 1 aliphatic rings. The average molecular weight is 209 g/mol. The van der Waals surface area contributed by atoms with E-state index in [4.69, 9.17) is 20.2 Å². The van der Waals surface area contributed by atoms with Crippen molar-refractivity contribution in [1.29, 1.82) is 0 Å². The summed E-state index contributed by atoms with van der Waals surface area (Å²) < 4.78 is 11.1. The summed E-state index contributed by atoms with van der Waals surface area (Å²) in [5, 5.41) is 0. The molecule has 15 heavy (non-hydrogen) atoms. The summed E-state index contributed by atoms with van der Waals surface area (Å²) in [5.74, 6) is 6.68. The van der Waals surface area contributed by atoms with Crippen LogP contribution in [0.4, 0.5) is 0 Å². The molecule has 82 valence electrons. The van der Waals surface area contributed by atoms with Crippen LogP contribution in [0.1, 0.15) is 16.7 Å². The molecule has 4 nitrogen and oxygen atoms in total. The second-order valence-corrected chi connectivity index (χ2v) is 3.63. The molecule has 0 spiro atoms. The Kier molecular flexibility index (Phi) is 2.79. The van der Waals surface area contributed by atoms with Gasteiger partial charge in [0.1, 0.15) is 13.2 Å². The van der Waals surface area contributed by atoms with Crippen molar-refractivity contribution in [3.8, 4) is 11.5 Å². The van der Waals surface area contributed by atoms with E-state index in [1.54, 1.807) is 0 Å². The normalized spacial score (nSPS) is 14.1. The molecule has 1 heterocycles. The predicted octanol–water partition coefficient (Wildman–Crippen LogP) is 1.46. The van der Waals surface area contributed by atoms with Crippen LogP contribution in [0.2, 0.25) is 0 Å². The molecule has 0 saturated carbocycles. The standard InChI is InChI=1S/C11H15NO3/c1-7-5-10-11(14-4-3-13-10)9(6-15-12)8(7)2/h5H,3-4,6,12H2,1-2H3. The van der Waals surface area contributed by atoms with Crippen LogP contribution in [0.5, 0.6) is 11.5 Å². The highest BCUT2D eigenvalue weighted by Crippen LogP contribution is 2.37. The van der Waals surface area contributed by atoms with Crippen LogP contribution in [0.25, 0.3) is 0 Å². The first-order valence-corrected chi connectivity index (χ1v) is 4.94. The highest BCUT2D eigenvalue weighted by Gasteiger charge is 2.19. The van der Waals surface area contributed by atoms with Gasteiger partial charge >= 0.3 is 0 Å². The molecular weight excluding hydrogens is 194 g/mol. The number of hydrogen-bond acceptors (Lipinski definition) is 4. The summed E-state index contributed by atoms with van der Waals surface area (Å²) in [5.41, 5.74) is 3.28. The summed E-state index contributed by atoms with van der Waals surface area (Å²) in [4.78, 5) is 4.69. The van der Waals surface area contributed by atoms with Crippen molar-refractivity contribution in [3.63, 3.8) is 0 Å². The molecule has 0 aromatic heterocycles. The molecule has 0 atom stereocenters. The van der Waals surface area contributed by atoms with E-state index in [2.05, 4.69) is 0 Å². The van der Waals surface area contributed by atoms with Gasteiger partial charge in [0.15, 0.2) is 11.5 Å². The fraction of sp³-hybridized carbons (Fsp3) is 0.455. The largest absolute Gasteiger partial charge is 0.486 e. The number of aryl methyl sites for hydroxylation is 1. The topological polar surface area (TPSA) is 53.7 Å². The predicted molar refractivity (Wildman–Crippen MR) is 55.9 cm³/mol. The summed E-state index contributed by atoms with van der Waals surface area (Å²) >= 11 is 0. The Balaban J connectivity index is 2.52. The number of fused-ring (bicyclic) bond motifs is 1. The number of ether oxygens (including phenoxy) is 2. The maximum absolute atomic E-state index is 5.58. The number of hydrogen-bond donors (Lipinski definition) is 1. The summed E-state index contributed by atoms with van der Waals surface area (Å²) in [6, 6.07) is 1.99. The number of benzene rings is 1. The van der Waals surface area contributed by atoms with Crippen LogP contribution >= 0.6 is 0 Å². The third-order valence-electron chi connectivity index (χ3n) is 2.70. The lowest BCUT2D eigenvalue weighted by atomic mass is 10.0. The van der Waals surface area contributed by atoms with E-state index in [1.807, 2.05) is 19.9 Å². The van der Waals surface area contributed by atoms with Gasteiger partial charge in [0.2, 0.25) is 0 Å². The molecule has 1 aliphatic heterocycles. The fourth-order valence-electron chi connectivity index (χ4n) is 1.75. The highest BCUT2D eigenvalue weighted by molar-refractivity contribution is 5.54. The van der Waals surface area contributed by atoms with Crippen molar-refractivity contribution in [3.05, 3.63) is 22.8 Å². The first-order valence-electron chi connectivity index (χ1n) is 4.94. The van der Waals surface area contributed by atoms with E-state index < -0.39 is 0 Å². The maximum atomic E-state index is 5.58. The monoisotopic (exact) mass is 209 g/mol. The smallest absolute Gasteiger partial charge is 0.167 e. The Bertz CT molecular complexity index is 377. The third kappa shape index (κ3) is 1.78. The quantitative estimate of drug-likeness (QED) is 0.749. The zero-order chi connectivity index (χ0) is 10.8.